The summed E-state index contributed by atoms with van der Waals surface area (Å²) in [6.07, 6.45) is 8.19. The van der Waals surface area contributed by atoms with E-state index in [1.54, 1.807) is 42.9 Å². The quantitative estimate of drug-likeness (QED) is 0.256. The Hall–Kier alpha value is -5.05. The lowest BCUT2D eigenvalue weighted by atomic mass is 10.1. The first-order chi connectivity index (χ1) is 19.1. The number of carbonyl (C=O) groups is 2. The molecule has 0 amide bonds. The van der Waals surface area contributed by atoms with E-state index >= 15 is 0 Å². The third kappa shape index (κ3) is 5.62. The van der Waals surface area contributed by atoms with Crippen molar-refractivity contribution in [3.05, 3.63) is 102 Å². The lowest BCUT2D eigenvalue weighted by Gasteiger charge is -2.13. The summed E-state index contributed by atoms with van der Waals surface area (Å²) < 4.78 is 12.1. The first-order valence-electron chi connectivity index (χ1n) is 12.6. The molecular weight excluding hydrogens is 494 g/mol. The molecule has 196 valence electrons. The predicted octanol–water partition coefficient (Wildman–Crippen LogP) is 5.42. The third-order valence-corrected chi connectivity index (χ3v) is 6.05. The average Bonchev–Trinajstić information content (AvgIpc) is 3.41. The van der Waals surface area contributed by atoms with Gasteiger partial charge in [-0.2, -0.15) is 5.10 Å². The number of ether oxygens (including phenoxy) is 2. The molecule has 5 rings (SSSR count). The molecule has 1 N–H and O–H groups in total. The van der Waals surface area contributed by atoms with Crippen molar-refractivity contribution in [2.24, 2.45) is 0 Å². The molecule has 1 aromatic carbocycles. The second kappa shape index (κ2) is 11.6. The van der Waals surface area contributed by atoms with E-state index in [9.17, 15) is 9.59 Å². The first-order valence-corrected chi connectivity index (χ1v) is 12.6. The van der Waals surface area contributed by atoms with E-state index in [2.05, 4.69) is 15.3 Å². The van der Waals surface area contributed by atoms with Crippen LogP contribution in [-0.2, 0) is 16.0 Å². The van der Waals surface area contributed by atoms with Crippen molar-refractivity contribution in [1.29, 1.82) is 0 Å². The zero-order valence-corrected chi connectivity index (χ0v) is 21.6. The first kappa shape index (κ1) is 25.6. The minimum Gasteiger partial charge on any atom is -0.462 e. The van der Waals surface area contributed by atoms with Gasteiger partial charge in [0.25, 0.3) is 0 Å². The van der Waals surface area contributed by atoms with Gasteiger partial charge in [0.2, 0.25) is 0 Å². The Morgan fingerprint density at radius 3 is 2.13 bits per heavy atom. The smallest absolute Gasteiger partial charge is 0.339 e. The molecule has 0 spiro atoms. The number of hydrogen-bond donors (Lipinski definition) is 1. The number of carbonyl (C=O) groups excluding carboxylic acids is 2. The Kier molecular flexibility index (Phi) is 7.58. The largest absolute Gasteiger partial charge is 0.462 e. The van der Waals surface area contributed by atoms with Gasteiger partial charge in [-0.15, -0.1) is 0 Å². The maximum Gasteiger partial charge on any atom is 0.339 e. The zero-order valence-electron chi connectivity index (χ0n) is 21.6. The molecule has 0 fully saturated rings. The van der Waals surface area contributed by atoms with Crippen molar-refractivity contribution in [2.75, 3.05) is 18.5 Å². The van der Waals surface area contributed by atoms with Gasteiger partial charge in [0.1, 0.15) is 0 Å². The monoisotopic (exact) mass is 521 g/mol. The van der Waals surface area contributed by atoms with Crippen molar-refractivity contribution >= 4 is 23.1 Å². The molecule has 5 aromatic rings. The van der Waals surface area contributed by atoms with Gasteiger partial charge >= 0.3 is 11.9 Å². The number of hydrogen-bond acceptors (Lipinski definition) is 8. The minimum absolute atomic E-state index is 0.277. The molecule has 39 heavy (non-hydrogen) atoms. The van der Waals surface area contributed by atoms with Gasteiger partial charge in [-0.05, 0) is 43.7 Å². The summed E-state index contributed by atoms with van der Waals surface area (Å²) in [4.78, 5) is 33.2. The minimum atomic E-state index is -0.437. The Morgan fingerprint density at radius 2 is 1.46 bits per heavy atom. The molecule has 9 nitrogen and oxygen atoms in total. The Balaban J connectivity index is 1.61. The van der Waals surface area contributed by atoms with Crippen LogP contribution < -0.4 is 5.32 Å². The lowest BCUT2D eigenvalue weighted by molar-refractivity contribution is 0.0516. The molecule has 0 bridgehead atoms. The van der Waals surface area contributed by atoms with Crippen molar-refractivity contribution < 1.29 is 19.1 Å². The molecule has 0 radical (unpaired) electrons. The number of esters is 2. The van der Waals surface area contributed by atoms with E-state index < -0.39 is 11.9 Å². The van der Waals surface area contributed by atoms with Gasteiger partial charge < -0.3 is 14.8 Å². The second-order valence-electron chi connectivity index (χ2n) is 8.67. The van der Waals surface area contributed by atoms with Crippen LogP contribution in [0.1, 0.15) is 40.1 Å². The number of pyridine rings is 2. The standard InChI is InChI=1S/C30H27N5O4/c1-3-38-29(36)23-12-21(16-31-18-23)25-10-11-35-28(25)27(33-15-20-8-6-5-7-9-20)14-26(34-35)22-13-24(19-32-17-22)30(37)39-4-2/h5-14,16-19,33H,3-4,15H2,1-2H3. The number of rotatable bonds is 9. The van der Waals surface area contributed by atoms with Crippen LogP contribution in [0.3, 0.4) is 0 Å². The summed E-state index contributed by atoms with van der Waals surface area (Å²) in [6.45, 7) is 4.66. The fourth-order valence-electron chi connectivity index (χ4n) is 4.25. The van der Waals surface area contributed by atoms with Crippen molar-refractivity contribution in [2.45, 2.75) is 20.4 Å². The van der Waals surface area contributed by atoms with E-state index in [4.69, 9.17) is 14.6 Å². The summed E-state index contributed by atoms with van der Waals surface area (Å²) in [5, 5.41) is 8.35. The lowest BCUT2D eigenvalue weighted by Crippen LogP contribution is -2.07. The number of nitrogens with one attached hydrogen (secondary N) is 1. The van der Waals surface area contributed by atoms with Gasteiger partial charge in [0.15, 0.2) is 0 Å². The molecule has 0 unspecified atom stereocenters. The highest BCUT2D eigenvalue weighted by molar-refractivity contribution is 5.95. The Morgan fingerprint density at radius 1 is 0.821 bits per heavy atom. The van der Waals surface area contributed by atoms with Gasteiger partial charge in [-0.25, -0.2) is 14.1 Å². The molecule has 0 saturated heterocycles. The highest BCUT2D eigenvalue weighted by atomic mass is 16.5. The molecular formula is C30H27N5O4. The van der Waals surface area contributed by atoms with Crippen LogP contribution in [0.4, 0.5) is 5.69 Å². The van der Waals surface area contributed by atoms with Crippen molar-refractivity contribution in [3.63, 3.8) is 0 Å². The Labute approximate surface area is 225 Å². The van der Waals surface area contributed by atoms with Crippen LogP contribution in [0.15, 0.2) is 85.6 Å². The number of nitrogens with zero attached hydrogens (tertiary/aromatic N) is 4. The van der Waals surface area contributed by atoms with Crippen molar-refractivity contribution in [3.8, 4) is 22.4 Å². The van der Waals surface area contributed by atoms with Crippen LogP contribution in [0.2, 0.25) is 0 Å². The fraction of sp³-hybridized carbons (Fsp3) is 0.167. The maximum absolute atomic E-state index is 12.3. The summed E-state index contributed by atoms with van der Waals surface area (Å²) in [5.41, 5.74) is 6.36. The molecule has 4 aromatic heterocycles. The van der Waals surface area contributed by atoms with Gasteiger partial charge in [0, 0.05) is 54.2 Å². The van der Waals surface area contributed by atoms with E-state index in [0.717, 1.165) is 27.9 Å². The van der Waals surface area contributed by atoms with Crippen LogP contribution in [0.25, 0.3) is 27.9 Å². The average molecular weight is 522 g/mol. The molecule has 4 heterocycles. The summed E-state index contributed by atoms with van der Waals surface area (Å²) in [5.74, 6) is -0.861. The topological polar surface area (TPSA) is 108 Å². The van der Waals surface area contributed by atoms with Crippen molar-refractivity contribution in [1.82, 2.24) is 19.6 Å². The SMILES string of the molecule is CCOC(=O)c1cncc(-c2cc(NCc3ccccc3)c3c(-c4cncc(C(=O)OCC)c4)ccn3n2)c1. The van der Waals surface area contributed by atoms with Gasteiger partial charge in [-0.3, -0.25) is 9.97 Å². The van der Waals surface area contributed by atoms with Crippen LogP contribution in [0, 0.1) is 0 Å². The molecule has 9 heteroatoms. The van der Waals surface area contributed by atoms with E-state index in [-0.39, 0.29) is 13.2 Å². The van der Waals surface area contributed by atoms with Crippen LogP contribution >= 0.6 is 0 Å². The van der Waals surface area contributed by atoms with Gasteiger partial charge in [0.05, 0.1) is 41.2 Å². The molecule has 0 atom stereocenters. The summed E-state index contributed by atoms with van der Waals surface area (Å²) >= 11 is 0. The molecule has 0 saturated carbocycles. The third-order valence-electron chi connectivity index (χ3n) is 6.05. The number of anilines is 1. The highest BCUT2D eigenvalue weighted by Gasteiger charge is 2.17. The van der Waals surface area contributed by atoms with Gasteiger partial charge in [-0.1, -0.05) is 30.3 Å². The molecule has 0 aliphatic carbocycles. The van der Waals surface area contributed by atoms with E-state index in [0.29, 0.717) is 28.9 Å². The summed E-state index contributed by atoms with van der Waals surface area (Å²) in [7, 11) is 0. The maximum atomic E-state index is 12.3. The predicted molar refractivity (Wildman–Crippen MR) is 147 cm³/mol. The van der Waals surface area contributed by atoms with E-state index in [1.807, 2.05) is 48.7 Å². The number of aromatic nitrogens is 4. The van der Waals surface area contributed by atoms with Crippen LogP contribution in [0.5, 0.6) is 0 Å². The van der Waals surface area contributed by atoms with Crippen LogP contribution in [-0.4, -0.2) is 44.7 Å². The summed E-state index contributed by atoms with van der Waals surface area (Å²) in [6, 6.07) is 17.4. The van der Waals surface area contributed by atoms with E-state index in [1.165, 1.54) is 12.4 Å². The Bertz CT molecular complexity index is 1630. The number of fused-ring (bicyclic) bond motifs is 1. The highest BCUT2D eigenvalue weighted by Crippen LogP contribution is 2.33. The molecule has 0 aliphatic rings. The fourth-order valence-corrected chi connectivity index (χ4v) is 4.25. The normalized spacial score (nSPS) is 10.8. The molecule has 0 aliphatic heterocycles. The second-order valence-corrected chi connectivity index (χ2v) is 8.67. The zero-order chi connectivity index (χ0) is 27.2. The number of benzene rings is 1.